The fourth-order valence-electron chi connectivity index (χ4n) is 7.14. The minimum Gasteiger partial charge on any atom is -0.492 e. The van der Waals surface area contributed by atoms with E-state index >= 15 is 0 Å². The van der Waals surface area contributed by atoms with E-state index in [2.05, 4.69) is 32.9 Å². The molecule has 10 nitrogen and oxygen atoms in total. The minimum absolute atomic E-state index is 0.00691. The van der Waals surface area contributed by atoms with E-state index in [1.165, 1.54) is 0 Å². The summed E-state index contributed by atoms with van der Waals surface area (Å²) in [7, 11) is 3.14. The molecule has 250 valence electrons. The highest BCUT2D eigenvalue weighted by atomic mass is 16.7. The summed E-state index contributed by atoms with van der Waals surface area (Å²) in [6.45, 7) is 7.05. The predicted octanol–water partition coefficient (Wildman–Crippen LogP) is 6.38. The molecular formula is C35H50O10. The molecule has 1 aliphatic heterocycles. The maximum absolute atomic E-state index is 12.4. The number of rotatable bonds is 20. The van der Waals surface area contributed by atoms with Gasteiger partial charge in [-0.15, -0.1) is 0 Å². The average Bonchev–Trinajstić information content (AvgIpc) is 3.04. The van der Waals surface area contributed by atoms with Crippen molar-refractivity contribution < 1.29 is 48.6 Å². The van der Waals surface area contributed by atoms with Crippen LogP contribution in [0.4, 0.5) is 0 Å². The summed E-state index contributed by atoms with van der Waals surface area (Å²) in [6.07, 6.45) is 3.29. The van der Waals surface area contributed by atoms with Crippen molar-refractivity contribution in [3.63, 3.8) is 0 Å². The number of unbranched alkanes of at least 4 members (excludes halogenated alkanes) is 1. The minimum atomic E-state index is -1.90. The fraction of sp³-hybridized carbons (Fsp3) is 0.600. The van der Waals surface area contributed by atoms with Gasteiger partial charge < -0.3 is 39.0 Å². The van der Waals surface area contributed by atoms with E-state index in [0.717, 1.165) is 29.7 Å². The number of hydrogen-bond acceptors (Lipinski definition) is 8. The molecule has 1 heterocycles. The summed E-state index contributed by atoms with van der Waals surface area (Å²) >= 11 is 0. The number of fused-ring (bicyclic) bond motifs is 1. The number of carboxylic acid groups (broad SMARTS) is 2. The van der Waals surface area contributed by atoms with Crippen molar-refractivity contribution in [3.05, 3.63) is 53.6 Å². The standard InChI is InChI=1S/C35H50O10/c1-6-34(7-2,17-10-19-35(31(37)38,32(39)40)18-8-9-20-36)30-28-16-15-27(45-24-42-5)21-29(28)43-22-33(30,3)25-11-13-26(14-12-25)44-23-41-4/h11-16,21,30,36H,6-10,17-20,22-24H2,1-5H3,(H,37,38)(H,39,40). The van der Waals surface area contributed by atoms with Crippen molar-refractivity contribution in [1.29, 1.82) is 0 Å². The zero-order valence-electron chi connectivity index (χ0n) is 27.3. The number of aliphatic carboxylic acids is 2. The van der Waals surface area contributed by atoms with Crippen LogP contribution in [0.2, 0.25) is 0 Å². The molecule has 2 atom stereocenters. The van der Waals surface area contributed by atoms with E-state index in [-0.39, 0.29) is 44.4 Å². The first-order valence-electron chi connectivity index (χ1n) is 15.8. The zero-order valence-corrected chi connectivity index (χ0v) is 27.3. The molecule has 0 aromatic heterocycles. The molecule has 3 N–H and O–H groups in total. The SMILES string of the molecule is CCC(CC)(CCCC(CCCCO)(C(=O)O)C(=O)O)C1c2ccc(OCOC)cc2OCC1(C)c1ccc(OCOC)cc1. The molecule has 2 unspecified atom stereocenters. The van der Waals surface area contributed by atoms with Gasteiger partial charge in [0.25, 0.3) is 0 Å². The first-order valence-corrected chi connectivity index (χ1v) is 15.8. The lowest BCUT2D eigenvalue weighted by atomic mass is 9.53. The molecule has 0 spiro atoms. The van der Waals surface area contributed by atoms with Gasteiger partial charge in [0.2, 0.25) is 0 Å². The average molecular weight is 631 g/mol. The van der Waals surface area contributed by atoms with Gasteiger partial charge >= 0.3 is 11.9 Å². The van der Waals surface area contributed by atoms with E-state index in [1.807, 2.05) is 30.3 Å². The molecule has 0 saturated heterocycles. The topological polar surface area (TPSA) is 141 Å². The van der Waals surface area contributed by atoms with Gasteiger partial charge in [-0.1, -0.05) is 45.4 Å². The Labute approximate surface area is 266 Å². The molecule has 3 rings (SSSR count). The molecule has 0 radical (unpaired) electrons. The summed E-state index contributed by atoms with van der Waals surface area (Å²) in [6, 6.07) is 13.8. The highest BCUT2D eigenvalue weighted by molar-refractivity contribution is 5.98. The third kappa shape index (κ3) is 7.91. The van der Waals surface area contributed by atoms with Crippen LogP contribution in [0, 0.1) is 10.8 Å². The molecule has 0 aliphatic carbocycles. The first-order chi connectivity index (χ1) is 21.6. The summed E-state index contributed by atoms with van der Waals surface area (Å²) in [4.78, 5) is 24.8. The van der Waals surface area contributed by atoms with Gasteiger partial charge in [-0.25, -0.2) is 0 Å². The van der Waals surface area contributed by atoms with Gasteiger partial charge in [-0.3, -0.25) is 9.59 Å². The number of aliphatic hydroxyl groups is 1. The molecular weight excluding hydrogens is 580 g/mol. The Balaban J connectivity index is 2.07. The Morgan fingerprint density at radius 2 is 1.44 bits per heavy atom. The Morgan fingerprint density at radius 3 is 2.00 bits per heavy atom. The predicted molar refractivity (Wildman–Crippen MR) is 169 cm³/mol. The lowest BCUT2D eigenvalue weighted by Crippen LogP contribution is -2.48. The molecule has 1 aliphatic rings. The number of carboxylic acids is 2. The van der Waals surface area contributed by atoms with Crippen LogP contribution in [0.1, 0.15) is 89.2 Å². The zero-order chi connectivity index (χ0) is 33.1. The van der Waals surface area contributed by atoms with Crippen molar-refractivity contribution in [3.8, 4) is 17.2 Å². The lowest BCUT2D eigenvalue weighted by Gasteiger charge is -2.53. The van der Waals surface area contributed by atoms with Crippen LogP contribution < -0.4 is 14.2 Å². The first kappa shape index (κ1) is 36.1. The third-order valence-corrected chi connectivity index (χ3v) is 9.79. The van der Waals surface area contributed by atoms with Crippen molar-refractivity contribution in [2.24, 2.45) is 10.8 Å². The maximum Gasteiger partial charge on any atom is 0.321 e. The smallest absolute Gasteiger partial charge is 0.321 e. The number of aliphatic hydroxyl groups excluding tert-OH is 1. The normalized spacial score (nSPS) is 18.1. The second-order valence-corrected chi connectivity index (χ2v) is 12.3. The Morgan fingerprint density at radius 1 is 0.867 bits per heavy atom. The quantitative estimate of drug-likeness (QED) is 0.0857. The molecule has 0 fully saturated rings. The summed E-state index contributed by atoms with van der Waals surface area (Å²) in [5, 5.41) is 29.5. The van der Waals surface area contributed by atoms with Crippen molar-refractivity contribution in [1.82, 2.24) is 0 Å². The highest BCUT2D eigenvalue weighted by Gasteiger charge is 2.53. The monoisotopic (exact) mass is 630 g/mol. The number of methoxy groups -OCH3 is 2. The van der Waals surface area contributed by atoms with Crippen LogP contribution in [0.25, 0.3) is 0 Å². The van der Waals surface area contributed by atoms with Crippen molar-refractivity contribution >= 4 is 11.9 Å². The largest absolute Gasteiger partial charge is 0.492 e. The van der Waals surface area contributed by atoms with Crippen LogP contribution in [0.3, 0.4) is 0 Å². The van der Waals surface area contributed by atoms with Crippen LogP contribution in [-0.4, -0.2) is 68.3 Å². The summed E-state index contributed by atoms with van der Waals surface area (Å²) < 4.78 is 27.9. The highest BCUT2D eigenvalue weighted by Crippen LogP contribution is 2.59. The van der Waals surface area contributed by atoms with Crippen LogP contribution in [0.5, 0.6) is 17.2 Å². The number of carbonyl (C=O) groups is 2. The van der Waals surface area contributed by atoms with E-state index in [0.29, 0.717) is 43.8 Å². The molecule has 0 bridgehead atoms. The lowest BCUT2D eigenvalue weighted by molar-refractivity contribution is -0.166. The van der Waals surface area contributed by atoms with Gasteiger partial charge in [-0.05, 0) is 79.7 Å². The van der Waals surface area contributed by atoms with Gasteiger partial charge in [-0.2, -0.15) is 0 Å². The number of benzene rings is 2. The Bertz CT molecular complexity index is 1230. The second kappa shape index (κ2) is 16.3. The molecule has 0 amide bonds. The van der Waals surface area contributed by atoms with Crippen molar-refractivity contribution in [2.45, 2.75) is 83.5 Å². The molecule has 45 heavy (non-hydrogen) atoms. The van der Waals surface area contributed by atoms with Crippen molar-refractivity contribution in [2.75, 3.05) is 41.0 Å². The Hall–Kier alpha value is -3.34. The number of hydrogen-bond donors (Lipinski definition) is 3. The van der Waals surface area contributed by atoms with E-state index < -0.39 is 22.8 Å². The molecule has 10 heteroatoms. The van der Waals surface area contributed by atoms with Gasteiger partial charge in [0, 0.05) is 38.2 Å². The maximum atomic E-state index is 12.4. The fourth-order valence-corrected chi connectivity index (χ4v) is 7.14. The molecule has 0 saturated carbocycles. The molecule has 2 aromatic carbocycles. The third-order valence-electron chi connectivity index (χ3n) is 9.79. The Kier molecular flexibility index (Phi) is 13.1. The van der Waals surface area contributed by atoms with Crippen LogP contribution in [-0.2, 0) is 24.5 Å². The summed E-state index contributed by atoms with van der Waals surface area (Å²) in [5.41, 5.74) is -0.594. The second-order valence-electron chi connectivity index (χ2n) is 12.3. The van der Waals surface area contributed by atoms with E-state index in [1.54, 1.807) is 14.2 Å². The van der Waals surface area contributed by atoms with Crippen LogP contribution in [0.15, 0.2) is 42.5 Å². The summed E-state index contributed by atoms with van der Waals surface area (Å²) in [5.74, 6) is -0.655. The van der Waals surface area contributed by atoms with E-state index in [9.17, 15) is 24.9 Å². The van der Waals surface area contributed by atoms with Gasteiger partial charge in [0.15, 0.2) is 19.0 Å². The van der Waals surface area contributed by atoms with Gasteiger partial charge in [0.1, 0.15) is 17.2 Å². The van der Waals surface area contributed by atoms with Gasteiger partial charge in [0.05, 0.1) is 6.61 Å². The molecule has 2 aromatic rings. The number of ether oxygens (including phenoxy) is 5. The van der Waals surface area contributed by atoms with E-state index in [4.69, 9.17) is 23.7 Å². The van der Waals surface area contributed by atoms with Crippen LogP contribution >= 0.6 is 0 Å².